The molecule has 162 valence electrons. The van der Waals surface area contributed by atoms with Gasteiger partial charge in [-0.3, -0.25) is 4.79 Å². The second kappa shape index (κ2) is 7.56. The molecule has 2 fully saturated rings. The number of carbonyl (C=O) groups excluding carboxylic acids is 1. The lowest BCUT2D eigenvalue weighted by atomic mass is 9.80. The predicted molar refractivity (Wildman–Crippen MR) is 111 cm³/mol. The quantitative estimate of drug-likeness (QED) is 0.596. The number of aryl methyl sites for hydroxylation is 1. The van der Waals surface area contributed by atoms with Gasteiger partial charge in [-0.25, -0.2) is 0 Å². The summed E-state index contributed by atoms with van der Waals surface area (Å²) in [6, 6.07) is 13.0. The average molecular weight is 447 g/mol. The van der Waals surface area contributed by atoms with Gasteiger partial charge in [-0.1, -0.05) is 35.9 Å². The maximum absolute atomic E-state index is 13.6. The number of nitriles is 1. The number of rotatable bonds is 5. The smallest absolute Gasteiger partial charge is 0.345 e. The molecule has 31 heavy (non-hydrogen) atoms. The van der Waals surface area contributed by atoms with Gasteiger partial charge in [-0.2, -0.15) is 18.4 Å². The first kappa shape index (κ1) is 21.7. The highest BCUT2D eigenvalue weighted by Crippen LogP contribution is 2.71. The van der Waals surface area contributed by atoms with Crippen LogP contribution >= 0.6 is 11.6 Å². The van der Waals surface area contributed by atoms with Gasteiger partial charge in [-0.15, -0.1) is 0 Å². The van der Waals surface area contributed by atoms with Gasteiger partial charge in [0.05, 0.1) is 16.1 Å². The molecule has 1 saturated carbocycles. The minimum absolute atomic E-state index is 0.0485. The maximum atomic E-state index is 13.6. The molecular formula is C24H22ClF3N2O. The fraction of sp³-hybridized carbons (Fsp3) is 0.417. The van der Waals surface area contributed by atoms with E-state index in [1.807, 2.05) is 12.1 Å². The Morgan fingerprint density at radius 1 is 1.23 bits per heavy atom. The van der Waals surface area contributed by atoms with Crippen LogP contribution in [-0.2, 0) is 23.8 Å². The molecule has 7 heteroatoms. The zero-order valence-electron chi connectivity index (χ0n) is 17.1. The average Bonchev–Trinajstić information content (AvgIpc) is 3.18. The summed E-state index contributed by atoms with van der Waals surface area (Å²) in [4.78, 5) is 14.0. The van der Waals surface area contributed by atoms with E-state index in [4.69, 9.17) is 16.9 Å². The SMILES string of the molecule is CN1C[C@]2(CC1=O)C[C@@]2(CCc1ccc(C#N)c(Cl)c1)Cc1ccccc1C(F)(F)F. The molecule has 1 saturated heterocycles. The summed E-state index contributed by atoms with van der Waals surface area (Å²) in [7, 11) is 1.75. The van der Waals surface area contributed by atoms with Crippen LogP contribution in [0.25, 0.3) is 0 Å². The molecule has 1 heterocycles. The zero-order valence-corrected chi connectivity index (χ0v) is 17.9. The summed E-state index contributed by atoms with van der Waals surface area (Å²) in [5.74, 6) is 0.0485. The first-order chi connectivity index (χ1) is 14.6. The third-order valence-corrected chi connectivity index (χ3v) is 7.34. The number of alkyl halides is 3. The van der Waals surface area contributed by atoms with Crippen molar-refractivity contribution >= 4 is 17.5 Å². The van der Waals surface area contributed by atoms with E-state index in [0.29, 0.717) is 36.4 Å². The van der Waals surface area contributed by atoms with Crippen molar-refractivity contribution in [2.45, 2.75) is 38.3 Å². The van der Waals surface area contributed by atoms with Gasteiger partial charge >= 0.3 is 6.18 Å². The molecule has 0 radical (unpaired) electrons. The van der Waals surface area contributed by atoms with Crippen molar-refractivity contribution in [3.05, 3.63) is 69.7 Å². The summed E-state index contributed by atoms with van der Waals surface area (Å²) in [5.41, 5.74) is 0.350. The van der Waals surface area contributed by atoms with E-state index < -0.39 is 11.7 Å². The summed E-state index contributed by atoms with van der Waals surface area (Å²) in [6.07, 6.45) is -1.74. The second-order valence-electron chi connectivity index (χ2n) is 8.92. The molecule has 0 bridgehead atoms. The van der Waals surface area contributed by atoms with Crippen LogP contribution in [0.1, 0.15) is 41.5 Å². The summed E-state index contributed by atoms with van der Waals surface area (Å²) in [5, 5.41) is 9.43. The molecule has 2 aliphatic rings. The van der Waals surface area contributed by atoms with Crippen molar-refractivity contribution in [3.63, 3.8) is 0 Å². The first-order valence-electron chi connectivity index (χ1n) is 10.2. The second-order valence-corrected chi connectivity index (χ2v) is 9.33. The van der Waals surface area contributed by atoms with Crippen LogP contribution in [0.2, 0.25) is 5.02 Å². The summed E-state index contributed by atoms with van der Waals surface area (Å²) < 4.78 is 40.8. The number of nitrogens with zero attached hydrogens (tertiary/aromatic N) is 2. The number of benzene rings is 2. The van der Waals surface area contributed by atoms with Crippen molar-refractivity contribution in [2.24, 2.45) is 10.8 Å². The first-order valence-corrected chi connectivity index (χ1v) is 10.5. The van der Waals surface area contributed by atoms with Crippen molar-refractivity contribution in [2.75, 3.05) is 13.6 Å². The van der Waals surface area contributed by atoms with Gasteiger partial charge in [0.25, 0.3) is 0 Å². The normalized spacial score (nSPS) is 25.2. The molecule has 0 unspecified atom stereocenters. The molecule has 2 atom stereocenters. The number of halogens is 4. The molecule has 2 aromatic carbocycles. The molecule has 2 aromatic rings. The number of likely N-dealkylation sites (tertiary alicyclic amines) is 1. The topological polar surface area (TPSA) is 44.1 Å². The van der Waals surface area contributed by atoms with Gasteiger partial charge in [-0.05, 0) is 60.4 Å². The standard InChI is InChI=1S/C24H22ClF3N2O/c1-30-15-23(12-21(30)31)14-22(23,9-8-16-6-7-18(13-29)20(25)10-16)11-17-4-2-3-5-19(17)24(26,27)28/h2-7,10H,8-9,11-12,14-15H2,1H3/t22-,23+/m1/s1. The van der Waals surface area contributed by atoms with E-state index >= 15 is 0 Å². The van der Waals surface area contributed by atoms with Crippen LogP contribution in [0.4, 0.5) is 13.2 Å². The van der Waals surface area contributed by atoms with E-state index in [1.165, 1.54) is 6.07 Å². The lowest BCUT2D eigenvalue weighted by Gasteiger charge is -2.24. The number of carbonyl (C=O) groups is 1. The fourth-order valence-electron chi connectivity index (χ4n) is 5.30. The molecule has 3 nitrogen and oxygen atoms in total. The molecule has 4 rings (SSSR count). The Hall–Kier alpha value is -2.52. The minimum Gasteiger partial charge on any atom is -0.345 e. The Balaban J connectivity index is 1.63. The lowest BCUT2D eigenvalue weighted by Crippen LogP contribution is -2.24. The van der Waals surface area contributed by atoms with Gasteiger partial charge in [0, 0.05) is 25.4 Å². The van der Waals surface area contributed by atoms with E-state index in [2.05, 4.69) is 0 Å². The Morgan fingerprint density at radius 2 is 1.97 bits per heavy atom. The highest BCUT2D eigenvalue weighted by molar-refractivity contribution is 6.31. The summed E-state index contributed by atoms with van der Waals surface area (Å²) >= 11 is 6.16. The van der Waals surface area contributed by atoms with Crippen molar-refractivity contribution in [1.82, 2.24) is 4.90 Å². The van der Waals surface area contributed by atoms with E-state index in [1.54, 1.807) is 36.2 Å². The van der Waals surface area contributed by atoms with E-state index in [-0.39, 0.29) is 28.7 Å². The van der Waals surface area contributed by atoms with Crippen LogP contribution in [0.5, 0.6) is 0 Å². The van der Waals surface area contributed by atoms with Crippen molar-refractivity contribution < 1.29 is 18.0 Å². The molecule has 0 N–H and O–H groups in total. The maximum Gasteiger partial charge on any atom is 0.416 e. The molecule has 1 amide bonds. The number of hydrogen-bond acceptors (Lipinski definition) is 2. The molecular weight excluding hydrogens is 425 g/mol. The monoisotopic (exact) mass is 446 g/mol. The van der Waals surface area contributed by atoms with Gasteiger partial charge in [0.1, 0.15) is 6.07 Å². The van der Waals surface area contributed by atoms with Crippen LogP contribution in [-0.4, -0.2) is 24.4 Å². The zero-order chi connectivity index (χ0) is 22.4. The van der Waals surface area contributed by atoms with Crippen molar-refractivity contribution in [1.29, 1.82) is 5.26 Å². The minimum atomic E-state index is -4.41. The number of amides is 1. The largest absolute Gasteiger partial charge is 0.416 e. The van der Waals surface area contributed by atoms with Gasteiger partial charge in [0.15, 0.2) is 0 Å². The predicted octanol–water partition coefficient (Wildman–Crippen LogP) is 5.64. The van der Waals surface area contributed by atoms with Crippen LogP contribution in [0.3, 0.4) is 0 Å². The molecule has 1 aliphatic heterocycles. The molecule has 0 aromatic heterocycles. The van der Waals surface area contributed by atoms with Gasteiger partial charge in [0.2, 0.25) is 5.91 Å². The lowest BCUT2D eigenvalue weighted by molar-refractivity contribution is -0.138. The third kappa shape index (κ3) is 3.92. The van der Waals surface area contributed by atoms with Crippen LogP contribution in [0, 0.1) is 22.2 Å². The van der Waals surface area contributed by atoms with Crippen LogP contribution in [0.15, 0.2) is 42.5 Å². The highest BCUT2D eigenvalue weighted by atomic mass is 35.5. The summed E-state index contributed by atoms with van der Waals surface area (Å²) in [6.45, 7) is 0.578. The van der Waals surface area contributed by atoms with E-state index in [9.17, 15) is 18.0 Å². The highest BCUT2D eigenvalue weighted by Gasteiger charge is 2.69. The Bertz CT molecular complexity index is 1080. The fourth-order valence-corrected chi connectivity index (χ4v) is 5.54. The Labute approximate surface area is 184 Å². The van der Waals surface area contributed by atoms with Crippen LogP contribution < -0.4 is 0 Å². The molecule has 1 spiro atoms. The third-order valence-electron chi connectivity index (χ3n) is 7.03. The molecule has 1 aliphatic carbocycles. The number of hydrogen-bond donors (Lipinski definition) is 0. The Morgan fingerprint density at radius 3 is 2.58 bits per heavy atom. The Kier molecular flexibility index (Phi) is 5.29. The van der Waals surface area contributed by atoms with E-state index in [0.717, 1.165) is 18.1 Å². The van der Waals surface area contributed by atoms with Crippen molar-refractivity contribution in [3.8, 4) is 6.07 Å². The van der Waals surface area contributed by atoms with Gasteiger partial charge < -0.3 is 4.90 Å².